The summed E-state index contributed by atoms with van der Waals surface area (Å²) >= 11 is 0. The summed E-state index contributed by atoms with van der Waals surface area (Å²) in [5.74, 6) is -0.602. The minimum Gasteiger partial charge on any atom is -0.329 e. The van der Waals surface area contributed by atoms with Crippen LogP contribution in [0.25, 0.3) is 0 Å². The number of hydrogen-bond acceptors (Lipinski definition) is 3. The van der Waals surface area contributed by atoms with Crippen molar-refractivity contribution in [2.45, 2.75) is 31.5 Å². The van der Waals surface area contributed by atoms with Gasteiger partial charge in [-0.1, -0.05) is 30.3 Å². The number of carbonyl (C=O) groups excluding carboxylic acids is 2. The molecule has 1 saturated heterocycles. The maximum Gasteiger partial charge on any atom is 0.405 e. The standard InChI is InChI=1S/C16H20F3N3O2/c17-16(18,19)11-20-15(24)21-14(23)10-22-8-4-7-13(22)9-12-5-2-1-3-6-12/h1-3,5-6,13H,4,7-11H2,(H2,20,21,23,24)/t13-/m0/s1. The second-order valence-corrected chi connectivity index (χ2v) is 5.80. The van der Waals surface area contributed by atoms with Crippen molar-refractivity contribution in [1.29, 1.82) is 0 Å². The maximum absolute atomic E-state index is 12.0. The lowest BCUT2D eigenvalue weighted by Crippen LogP contribution is -2.47. The number of alkyl halides is 3. The smallest absolute Gasteiger partial charge is 0.329 e. The minimum absolute atomic E-state index is 0.00304. The Morgan fingerprint density at radius 1 is 1.21 bits per heavy atom. The van der Waals surface area contributed by atoms with Crippen molar-refractivity contribution in [1.82, 2.24) is 15.5 Å². The van der Waals surface area contributed by atoms with Crippen LogP contribution < -0.4 is 10.6 Å². The molecule has 3 amide bonds. The molecule has 1 aromatic carbocycles. The van der Waals surface area contributed by atoms with Gasteiger partial charge in [0.15, 0.2) is 0 Å². The fourth-order valence-corrected chi connectivity index (χ4v) is 2.80. The molecule has 0 unspecified atom stereocenters. The molecule has 8 heteroatoms. The number of halogens is 3. The van der Waals surface area contributed by atoms with Crippen LogP contribution in [-0.2, 0) is 11.2 Å². The third kappa shape index (κ3) is 6.19. The van der Waals surface area contributed by atoms with Crippen LogP contribution in [0.5, 0.6) is 0 Å². The minimum atomic E-state index is -4.50. The van der Waals surface area contributed by atoms with Crippen LogP contribution in [0.4, 0.5) is 18.0 Å². The van der Waals surface area contributed by atoms with Gasteiger partial charge in [0.25, 0.3) is 0 Å². The van der Waals surface area contributed by atoms with E-state index in [9.17, 15) is 22.8 Å². The average molecular weight is 343 g/mol. The lowest BCUT2D eigenvalue weighted by molar-refractivity contribution is -0.125. The molecule has 1 aliphatic rings. The number of nitrogens with zero attached hydrogens (tertiary/aromatic N) is 1. The Bertz CT molecular complexity index is 563. The number of likely N-dealkylation sites (tertiary alicyclic amines) is 1. The molecule has 0 radical (unpaired) electrons. The van der Waals surface area contributed by atoms with Crippen molar-refractivity contribution >= 4 is 11.9 Å². The third-order valence-electron chi connectivity index (χ3n) is 3.86. The van der Waals surface area contributed by atoms with Crippen molar-refractivity contribution in [2.75, 3.05) is 19.6 Å². The van der Waals surface area contributed by atoms with E-state index in [-0.39, 0.29) is 12.6 Å². The van der Waals surface area contributed by atoms with Crippen LogP contribution in [0.1, 0.15) is 18.4 Å². The molecule has 0 spiro atoms. The van der Waals surface area contributed by atoms with Crippen LogP contribution in [0.15, 0.2) is 30.3 Å². The van der Waals surface area contributed by atoms with E-state index in [1.807, 2.05) is 40.5 Å². The molecular weight excluding hydrogens is 323 g/mol. The predicted octanol–water partition coefficient (Wildman–Crippen LogP) is 2.08. The van der Waals surface area contributed by atoms with Gasteiger partial charge in [0.05, 0.1) is 6.54 Å². The summed E-state index contributed by atoms with van der Waals surface area (Å²) < 4.78 is 36.0. The quantitative estimate of drug-likeness (QED) is 0.861. The highest BCUT2D eigenvalue weighted by Crippen LogP contribution is 2.20. The molecule has 24 heavy (non-hydrogen) atoms. The Morgan fingerprint density at radius 2 is 1.92 bits per heavy atom. The largest absolute Gasteiger partial charge is 0.405 e. The van der Waals surface area contributed by atoms with E-state index in [0.29, 0.717) is 0 Å². The highest BCUT2D eigenvalue weighted by atomic mass is 19.4. The molecule has 2 rings (SSSR count). The highest BCUT2D eigenvalue weighted by Gasteiger charge is 2.29. The van der Waals surface area contributed by atoms with Crippen molar-refractivity contribution < 1.29 is 22.8 Å². The number of benzene rings is 1. The predicted molar refractivity (Wildman–Crippen MR) is 82.3 cm³/mol. The lowest BCUT2D eigenvalue weighted by Gasteiger charge is -2.23. The first kappa shape index (κ1) is 18.3. The van der Waals surface area contributed by atoms with Gasteiger partial charge in [-0.05, 0) is 31.4 Å². The number of amides is 3. The summed E-state index contributed by atoms with van der Waals surface area (Å²) in [7, 11) is 0. The fourth-order valence-electron chi connectivity index (χ4n) is 2.80. The Kier molecular flexibility index (Phi) is 6.19. The SMILES string of the molecule is O=C(CN1CCC[C@H]1Cc1ccccc1)NC(=O)NCC(F)(F)F. The van der Waals surface area contributed by atoms with Gasteiger partial charge >= 0.3 is 12.2 Å². The second kappa shape index (κ2) is 8.14. The molecule has 1 fully saturated rings. The van der Waals surface area contributed by atoms with Gasteiger partial charge in [0.1, 0.15) is 6.54 Å². The highest BCUT2D eigenvalue weighted by molar-refractivity contribution is 5.95. The molecule has 0 aliphatic carbocycles. The van der Waals surface area contributed by atoms with E-state index in [4.69, 9.17) is 0 Å². The first-order valence-corrected chi connectivity index (χ1v) is 7.76. The van der Waals surface area contributed by atoms with Crippen LogP contribution in [-0.4, -0.2) is 48.7 Å². The Hall–Kier alpha value is -2.09. The Balaban J connectivity index is 1.79. The third-order valence-corrected chi connectivity index (χ3v) is 3.86. The van der Waals surface area contributed by atoms with Crippen LogP contribution in [0, 0.1) is 0 Å². The second-order valence-electron chi connectivity index (χ2n) is 5.80. The number of urea groups is 1. The molecule has 2 N–H and O–H groups in total. The number of rotatable bonds is 5. The maximum atomic E-state index is 12.0. The number of imide groups is 1. The van der Waals surface area contributed by atoms with Gasteiger partial charge in [-0.2, -0.15) is 13.2 Å². The summed E-state index contributed by atoms with van der Waals surface area (Å²) in [5.41, 5.74) is 1.16. The number of carbonyl (C=O) groups is 2. The molecule has 5 nitrogen and oxygen atoms in total. The molecule has 0 bridgehead atoms. The molecule has 132 valence electrons. The summed E-state index contributed by atoms with van der Waals surface area (Å²) in [6.07, 6.45) is -1.81. The topological polar surface area (TPSA) is 61.4 Å². The van der Waals surface area contributed by atoms with Crippen LogP contribution >= 0.6 is 0 Å². The van der Waals surface area contributed by atoms with Gasteiger partial charge in [-0.15, -0.1) is 0 Å². The summed E-state index contributed by atoms with van der Waals surface area (Å²) in [5, 5.41) is 3.55. The molecule has 1 heterocycles. The van der Waals surface area contributed by atoms with E-state index in [2.05, 4.69) is 0 Å². The molecular formula is C16H20F3N3O2. The fraction of sp³-hybridized carbons (Fsp3) is 0.500. The monoisotopic (exact) mass is 343 g/mol. The average Bonchev–Trinajstić information content (AvgIpc) is 2.92. The van der Waals surface area contributed by atoms with Gasteiger partial charge in [-0.25, -0.2) is 4.79 Å². The summed E-state index contributed by atoms with van der Waals surface area (Å²) in [6, 6.07) is 8.93. The first-order chi connectivity index (χ1) is 11.3. The van der Waals surface area contributed by atoms with E-state index in [1.54, 1.807) is 5.32 Å². The van der Waals surface area contributed by atoms with Gasteiger partial charge in [0.2, 0.25) is 5.91 Å². The Labute approximate surface area is 138 Å². The number of nitrogens with one attached hydrogen (secondary N) is 2. The lowest BCUT2D eigenvalue weighted by atomic mass is 10.0. The van der Waals surface area contributed by atoms with Crippen molar-refractivity contribution in [3.63, 3.8) is 0 Å². The zero-order chi connectivity index (χ0) is 17.6. The van der Waals surface area contributed by atoms with Gasteiger partial charge < -0.3 is 5.32 Å². The van der Waals surface area contributed by atoms with E-state index in [0.717, 1.165) is 31.4 Å². The summed E-state index contributed by atoms with van der Waals surface area (Å²) in [4.78, 5) is 25.1. The van der Waals surface area contributed by atoms with E-state index >= 15 is 0 Å². The van der Waals surface area contributed by atoms with Crippen molar-refractivity contribution in [3.8, 4) is 0 Å². The van der Waals surface area contributed by atoms with Crippen molar-refractivity contribution in [2.24, 2.45) is 0 Å². The molecule has 0 saturated carbocycles. The van der Waals surface area contributed by atoms with Crippen LogP contribution in [0.2, 0.25) is 0 Å². The number of hydrogen-bond donors (Lipinski definition) is 2. The summed E-state index contributed by atoms with van der Waals surface area (Å²) in [6.45, 7) is -0.738. The zero-order valence-corrected chi connectivity index (χ0v) is 13.1. The zero-order valence-electron chi connectivity index (χ0n) is 13.1. The molecule has 1 aromatic rings. The van der Waals surface area contributed by atoms with E-state index < -0.39 is 24.7 Å². The first-order valence-electron chi connectivity index (χ1n) is 7.76. The van der Waals surface area contributed by atoms with Crippen molar-refractivity contribution in [3.05, 3.63) is 35.9 Å². The normalized spacial score (nSPS) is 18.4. The van der Waals surface area contributed by atoms with Gasteiger partial charge in [0, 0.05) is 6.04 Å². The molecule has 1 atom stereocenters. The molecule has 1 aliphatic heterocycles. The van der Waals surface area contributed by atoms with Gasteiger partial charge in [-0.3, -0.25) is 15.0 Å². The Morgan fingerprint density at radius 3 is 2.58 bits per heavy atom. The van der Waals surface area contributed by atoms with E-state index in [1.165, 1.54) is 0 Å². The van der Waals surface area contributed by atoms with Crippen LogP contribution in [0.3, 0.4) is 0 Å². The molecule has 0 aromatic heterocycles.